The van der Waals surface area contributed by atoms with Crippen LogP contribution in [0.25, 0.3) is 0 Å². The van der Waals surface area contributed by atoms with Crippen molar-refractivity contribution in [3.8, 4) is 0 Å². The van der Waals surface area contributed by atoms with Crippen molar-refractivity contribution in [3.05, 3.63) is 35.9 Å². The number of aliphatic carboxylic acids is 1. The molecule has 0 aliphatic carbocycles. The van der Waals surface area contributed by atoms with Crippen molar-refractivity contribution in [3.63, 3.8) is 0 Å². The van der Waals surface area contributed by atoms with E-state index in [1.54, 1.807) is 0 Å². The largest absolute Gasteiger partial charge is 0.480 e. The molecule has 2 atom stereocenters. The number of nitrogens with one attached hydrogen (secondary N) is 1. The zero-order valence-corrected chi connectivity index (χ0v) is 13.8. The zero-order valence-electron chi connectivity index (χ0n) is 13.8. The third-order valence-corrected chi connectivity index (χ3v) is 3.27. The Morgan fingerprint density at radius 3 is 2.54 bits per heavy atom. The van der Waals surface area contributed by atoms with Crippen LogP contribution in [-0.2, 0) is 25.7 Å². The van der Waals surface area contributed by atoms with Crippen LogP contribution in [0.4, 0.5) is 0 Å². The Labute approximate surface area is 141 Å². The normalized spacial score (nSPS) is 13.2. The summed E-state index contributed by atoms with van der Waals surface area (Å²) in [5.41, 5.74) is 0.888. The molecule has 3 N–H and O–H groups in total. The summed E-state index contributed by atoms with van der Waals surface area (Å²) in [6.45, 7) is 1.91. The molecular formula is C17H25NO6. The second-order valence-electron chi connectivity index (χ2n) is 5.30. The number of carboxylic acid groups (broad SMARTS) is 1. The number of carbonyl (C=O) groups excluding carboxylic acids is 1. The number of aliphatic hydroxyl groups excluding tert-OH is 1. The van der Waals surface area contributed by atoms with Crippen molar-refractivity contribution in [2.24, 2.45) is 0 Å². The molecule has 0 amide bonds. The van der Waals surface area contributed by atoms with Gasteiger partial charge in [0.15, 0.2) is 0 Å². The summed E-state index contributed by atoms with van der Waals surface area (Å²) >= 11 is 0. The summed E-state index contributed by atoms with van der Waals surface area (Å²) in [5.74, 6) is -1.69. The molecule has 1 rings (SSSR count). The third kappa shape index (κ3) is 8.05. The van der Waals surface area contributed by atoms with Gasteiger partial charge in [0.25, 0.3) is 0 Å². The van der Waals surface area contributed by atoms with E-state index in [2.05, 4.69) is 5.32 Å². The molecule has 134 valence electrons. The first kappa shape index (κ1) is 20.1. The van der Waals surface area contributed by atoms with Gasteiger partial charge < -0.3 is 19.7 Å². The molecule has 0 radical (unpaired) electrons. The van der Waals surface area contributed by atoms with E-state index in [1.807, 2.05) is 37.3 Å². The molecule has 0 saturated carbocycles. The van der Waals surface area contributed by atoms with Gasteiger partial charge >= 0.3 is 11.9 Å². The van der Waals surface area contributed by atoms with Gasteiger partial charge in [0.05, 0.1) is 26.2 Å². The Morgan fingerprint density at radius 2 is 1.96 bits per heavy atom. The monoisotopic (exact) mass is 339 g/mol. The van der Waals surface area contributed by atoms with Crippen LogP contribution in [0, 0.1) is 0 Å². The number of ether oxygens (including phenoxy) is 2. The predicted molar refractivity (Wildman–Crippen MR) is 87.1 cm³/mol. The molecule has 0 aromatic heterocycles. The molecule has 0 heterocycles. The van der Waals surface area contributed by atoms with Gasteiger partial charge in [-0.3, -0.25) is 14.9 Å². The molecule has 0 aliphatic heterocycles. The Hall–Kier alpha value is -1.96. The van der Waals surface area contributed by atoms with Crippen LogP contribution >= 0.6 is 0 Å². The molecule has 0 bridgehead atoms. The SMILES string of the molecule is CCCCOC(=O)CC(N[C@@H](CO)C(=O)O)OCc1ccccc1. The van der Waals surface area contributed by atoms with E-state index in [1.165, 1.54) is 0 Å². The fourth-order valence-electron chi connectivity index (χ4n) is 1.90. The molecule has 0 spiro atoms. The highest BCUT2D eigenvalue weighted by Gasteiger charge is 2.23. The van der Waals surface area contributed by atoms with Crippen molar-refractivity contribution in [2.75, 3.05) is 13.2 Å². The molecule has 7 nitrogen and oxygen atoms in total. The van der Waals surface area contributed by atoms with Gasteiger partial charge in [0.1, 0.15) is 12.3 Å². The lowest BCUT2D eigenvalue weighted by Crippen LogP contribution is -2.47. The van der Waals surface area contributed by atoms with E-state index in [0.717, 1.165) is 18.4 Å². The first-order valence-corrected chi connectivity index (χ1v) is 7.97. The number of hydrogen-bond donors (Lipinski definition) is 3. The quantitative estimate of drug-likeness (QED) is 0.299. The minimum Gasteiger partial charge on any atom is -0.480 e. The summed E-state index contributed by atoms with van der Waals surface area (Å²) < 4.78 is 10.7. The number of unbranched alkanes of at least 4 members (excludes halogenated alkanes) is 1. The van der Waals surface area contributed by atoms with Crippen LogP contribution in [0.15, 0.2) is 30.3 Å². The van der Waals surface area contributed by atoms with Gasteiger partial charge in [0.2, 0.25) is 0 Å². The first-order valence-electron chi connectivity index (χ1n) is 7.97. The van der Waals surface area contributed by atoms with Gasteiger partial charge in [-0.2, -0.15) is 0 Å². The minimum atomic E-state index is -1.22. The average molecular weight is 339 g/mol. The van der Waals surface area contributed by atoms with Crippen molar-refractivity contribution < 1.29 is 29.3 Å². The van der Waals surface area contributed by atoms with Crippen LogP contribution in [0.2, 0.25) is 0 Å². The maximum absolute atomic E-state index is 11.8. The number of aliphatic hydroxyl groups is 1. The molecule has 24 heavy (non-hydrogen) atoms. The first-order chi connectivity index (χ1) is 11.6. The lowest BCUT2D eigenvalue weighted by Gasteiger charge is -2.22. The van der Waals surface area contributed by atoms with Gasteiger partial charge in [0, 0.05) is 0 Å². The van der Waals surface area contributed by atoms with Crippen LogP contribution in [0.5, 0.6) is 0 Å². The molecule has 1 aromatic carbocycles. The fourth-order valence-corrected chi connectivity index (χ4v) is 1.90. The predicted octanol–water partition coefficient (Wildman–Crippen LogP) is 1.30. The van der Waals surface area contributed by atoms with E-state index < -0.39 is 30.8 Å². The van der Waals surface area contributed by atoms with Crippen molar-refractivity contribution in [2.45, 2.75) is 45.1 Å². The molecule has 0 saturated heterocycles. The van der Waals surface area contributed by atoms with Gasteiger partial charge in [-0.15, -0.1) is 0 Å². The standard InChI is InChI=1S/C17H25NO6/c1-2-3-9-23-16(20)10-15(18-14(11-19)17(21)22)24-12-13-7-5-4-6-8-13/h4-8,14-15,18-19H,2-3,9-12H2,1H3,(H,21,22)/t14-,15?/m0/s1. The maximum atomic E-state index is 11.8. The van der Waals surface area contributed by atoms with Crippen molar-refractivity contribution in [1.29, 1.82) is 0 Å². The van der Waals surface area contributed by atoms with E-state index in [0.29, 0.717) is 6.61 Å². The highest BCUT2D eigenvalue weighted by atomic mass is 16.5. The van der Waals surface area contributed by atoms with E-state index in [9.17, 15) is 9.59 Å². The second-order valence-corrected chi connectivity index (χ2v) is 5.30. The van der Waals surface area contributed by atoms with Gasteiger partial charge in [-0.1, -0.05) is 43.7 Å². The number of carbonyl (C=O) groups is 2. The second kappa shape index (κ2) is 11.6. The van der Waals surface area contributed by atoms with Crippen molar-refractivity contribution in [1.82, 2.24) is 5.32 Å². The number of benzene rings is 1. The third-order valence-electron chi connectivity index (χ3n) is 3.27. The molecule has 7 heteroatoms. The Bertz CT molecular complexity index is 493. The van der Waals surface area contributed by atoms with Crippen molar-refractivity contribution >= 4 is 11.9 Å². The van der Waals surface area contributed by atoms with Crippen LogP contribution in [-0.4, -0.2) is 47.6 Å². The summed E-state index contributed by atoms with van der Waals surface area (Å²) in [6, 6.07) is 8.09. The highest BCUT2D eigenvalue weighted by Crippen LogP contribution is 2.07. The minimum absolute atomic E-state index is 0.139. The lowest BCUT2D eigenvalue weighted by atomic mass is 10.2. The summed E-state index contributed by atoms with van der Waals surface area (Å²) in [4.78, 5) is 22.9. The van der Waals surface area contributed by atoms with Crippen LogP contribution in [0.3, 0.4) is 0 Å². The van der Waals surface area contributed by atoms with E-state index in [-0.39, 0.29) is 13.0 Å². The number of carboxylic acids is 1. The summed E-state index contributed by atoms with van der Waals surface area (Å²) in [6.07, 6.45) is 0.668. The lowest BCUT2D eigenvalue weighted by molar-refractivity contribution is -0.151. The molecule has 1 unspecified atom stereocenters. The summed E-state index contributed by atoms with van der Waals surface area (Å²) in [7, 11) is 0. The maximum Gasteiger partial charge on any atom is 0.323 e. The Balaban J connectivity index is 2.60. The smallest absolute Gasteiger partial charge is 0.323 e. The van der Waals surface area contributed by atoms with E-state index in [4.69, 9.17) is 19.7 Å². The topological polar surface area (TPSA) is 105 Å². The van der Waals surface area contributed by atoms with Crippen LogP contribution < -0.4 is 5.32 Å². The molecule has 1 aromatic rings. The Kier molecular flexibility index (Phi) is 9.67. The van der Waals surface area contributed by atoms with E-state index >= 15 is 0 Å². The number of hydrogen-bond acceptors (Lipinski definition) is 6. The average Bonchev–Trinajstić information content (AvgIpc) is 2.58. The molecule has 0 fully saturated rings. The summed E-state index contributed by atoms with van der Waals surface area (Å²) in [5, 5.41) is 20.8. The van der Waals surface area contributed by atoms with Crippen LogP contribution in [0.1, 0.15) is 31.7 Å². The fraction of sp³-hybridized carbons (Fsp3) is 0.529. The van der Waals surface area contributed by atoms with Gasteiger partial charge in [-0.25, -0.2) is 0 Å². The number of rotatable bonds is 12. The highest BCUT2D eigenvalue weighted by molar-refractivity contribution is 5.74. The van der Waals surface area contributed by atoms with Gasteiger partial charge in [-0.05, 0) is 12.0 Å². The molecule has 0 aliphatic rings. The number of esters is 1. The zero-order chi connectivity index (χ0) is 17.8. The Morgan fingerprint density at radius 1 is 1.25 bits per heavy atom. The molecular weight excluding hydrogens is 314 g/mol.